The number of aryl methyl sites for hydroxylation is 1. The van der Waals surface area contributed by atoms with Gasteiger partial charge in [0.25, 0.3) is 0 Å². The van der Waals surface area contributed by atoms with Crippen LogP contribution >= 0.6 is 0 Å². The second-order valence-electron chi connectivity index (χ2n) is 4.61. The molecule has 2 N–H and O–H groups in total. The predicted octanol–water partition coefficient (Wildman–Crippen LogP) is 2.26. The van der Waals surface area contributed by atoms with Gasteiger partial charge < -0.3 is 10.5 Å². The maximum atomic E-state index is 6.04. The summed E-state index contributed by atoms with van der Waals surface area (Å²) in [5, 5.41) is 0. The molecule has 16 heavy (non-hydrogen) atoms. The highest BCUT2D eigenvalue weighted by atomic mass is 16.5. The molecule has 0 aliphatic carbocycles. The fourth-order valence-corrected chi connectivity index (χ4v) is 2.69. The van der Waals surface area contributed by atoms with E-state index in [2.05, 4.69) is 31.2 Å². The van der Waals surface area contributed by atoms with Crippen LogP contribution in [0.5, 0.6) is 0 Å². The van der Waals surface area contributed by atoms with Gasteiger partial charge in [-0.05, 0) is 30.4 Å². The molecule has 0 aromatic heterocycles. The van der Waals surface area contributed by atoms with Crippen LogP contribution in [-0.2, 0) is 16.6 Å². The Morgan fingerprint density at radius 3 is 2.56 bits per heavy atom. The molecule has 1 heterocycles. The van der Waals surface area contributed by atoms with Gasteiger partial charge in [-0.3, -0.25) is 0 Å². The molecule has 0 unspecified atom stereocenters. The Bertz CT molecular complexity index is 342. The monoisotopic (exact) mass is 219 g/mol. The summed E-state index contributed by atoms with van der Waals surface area (Å²) in [4.78, 5) is 0. The minimum absolute atomic E-state index is 0.158. The Morgan fingerprint density at radius 2 is 1.94 bits per heavy atom. The maximum absolute atomic E-state index is 6.04. The van der Waals surface area contributed by atoms with Crippen molar-refractivity contribution in [2.45, 2.75) is 31.6 Å². The lowest BCUT2D eigenvalue weighted by Gasteiger charge is -2.38. The lowest BCUT2D eigenvalue weighted by atomic mass is 9.72. The SMILES string of the molecule is CCc1ccccc1C1(CN)CCOCC1. The summed E-state index contributed by atoms with van der Waals surface area (Å²) in [5.41, 5.74) is 9.08. The van der Waals surface area contributed by atoms with Crippen molar-refractivity contribution in [2.75, 3.05) is 19.8 Å². The van der Waals surface area contributed by atoms with Crippen LogP contribution in [-0.4, -0.2) is 19.8 Å². The van der Waals surface area contributed by atoms with Gasteiger partial charge in [0.2, 0.25) is 0 Å². The Labute approximate surface area is 97.8 Å². The first kappa shape index (κ1) is 11.6. The molecule has 0 atom stereocenters. The highest BCUT2D eigenvalue weighted by molar-refractivity contribution is 5.35. The predicted molar refractivity (Wildman–Crippen MR) is 66.6 cm³/mol. The smallest absolute Gasteiger partial charge is 0.0475 e. The van der Waals surface area contributed by atoms with Crippen molar-refractivity contribution < 1.29 is 4.74 Å². The normalized spacial score (nSPS) is 19.6. The van der Waals surface area contributed by atoms with Crippen LogP contribution in [0, 0.1) is 0 Å². The van der Waals surface area contributed by atoms with Crippen molar-refractivity contribution >= 4 is 0 Å². The van der Waals surface area contributed by atoms with Crippen molar-refractivity contribution in [1.82, 2.24) is 0 Å². The average Bonchev–Trinajstić information content (AvgIpc) is 2.39. The molecule has 2 heteroatoms. The lowest BCUT2D eigenvalue weighted by Crippen LogP contribution is -2.41. The Morgan fingerprint density at radius 1 is 1.25 bits per heavy atom. The topological polar surface area (TPSA) is 35.2 Å². The molecule has 2 nitrogen and oxygen atoms in total. The molecule has 0 amide bonds. The summed E-state index contributed by atoms with van der Waals surface area (Å²) < 4.78 is 5.47. The van der Waals surface area contributed by atoms with E-state index in [-0.39, 0.29) is 5.41 Å². The van der Waals surface area contributed by atoms with Gasteiger partial charge in [0.05, 0.1) is 0 Å². The third-order valence-electron chi connectivity index (χ3n) is 3.81. The molecule has 0 saturated carbocycles. The number of hydrogen-bond acceptors (Lipinski definition) is 2. The highest BCUT2D eigenvalue weighted by Crippen LogP contribution is 2.35. The Hall–Kier alpha value is -0.860. The number of rotatable bonds is 3. The number of benzene rings is 1. The van der Waals surface area contributed by atoms with Crippen molar-refractivity contribution in [3.8, 4) is 0 Å². The van der Waals surface area contributed by atoms with Crippen LogP contribution in [0.3, 0.4) is 0 Å². The molecule has 0 radical (unpaired) electrons. The Balaban J connectivity index is 2.38. The molecule has 0 spiro atoms. The van der Waals surface area contributed by atoms with Crippen LogP contribution in [0.15, 0.2) is 24.3 Å². The van der Waals surface area contributed by atoms with Crippen LogP contribution < -0.4 is 5.73 Å². The molecule has 1 fully saturated rings. The number of nitrogens with two attached hydrogens (primary N) is 1. The molecule has 1 aromatic carbocycles. The number of hydrogen-bond donors (Lipinski definition) is 1. The first-order chi connectivity index (χ1) is 7.82. The van der Waals surface area contributed by atoms with E-state index < -0.39 is 0 Å². The minimum atomic E-state index is 0.158. The first-order valence-electron chi connectivity index (χ1n) is 6.18. The minimum Gasteiger partial charge on any atom is -0.381 e. The van der Waals surface area contributed by atoms with Gasteiger partial charge in [0.15, 0.2) is 0 Å². The lowest BCUT2D eigenvalue weighted by molar-refractivity contribution is 0.0527. The molecular formula is C14H21NO. The summed E-state index contributed by atoms with van der Waals surface area (Å²) >= 11 is 0. The average molecular weight is 219 g/mol. The van der Waals surface area contributed by atoms with Gasteiger partial charge in [-0.15, -0.1) is 0 Å². The van der Waals surface area contributed by atoms with Crippen LogP contribution in [0.1, 0.15) is 30.9 Å². The van der Waals surface area contributed by atoms with Crippen molar-refractivity contribution in [3.05, 3.63) is 35.4 Å². The van der Waals surface area contributed by atoms with Gasteiger partial charge in [-0.2, -0.15) is 0 Å². The zero-order valence-electron chi connectivity index (χ0n) is 10.0. The largest absolute Gasteiger partial charge is 0.381 e. The molecule has 1 aromatic rings. The maximum Gasteiger partial charge on any atom is 0.0475 e. The molecule has 1 saturated heterocycles. The van der Waals surface area contributed by atoms with Crippen molar-refractivity contribution in [2.24, 2.45) is 5.73 Å². The summed E-state index contributed by atoms with van der Waals surface area (Å²) in [5.74, 6) is 0. The summed E-state index contributed by atoms with van der Waals surface area (Å²) in [6, 6.07) is 8.71. The number of ether oxygens (including phenoxy) is 1. The van der Waals surface area contributed by atoms with E-state index in [1.54, 1.807) is 0 Å². The molecular weight excluding hydrogens is 198 g/mol. The van der Waals surface area contributed by atoms with E-state index in [0.29, 0.717) is 0 Å². The molecule has 1 aliphatic heterocycles. The van der Waals surface area contributed by atoms with E-state index in [0.717, 1.165) is 39.0 Å². The van der Waals surface area contributed by atoms with Gasteiger partial charge in [-0.25, -0.2) is 0 Å². The third-order valence-corrected chi connectivity index (χ3v) is 3.81. The van der Waals surface area contributed by atoms with Gasteiger partial charge in [0, 0.05) is 25.2 Å². The van der Waals surface area contributed by atoms with E-state index in [9.17, 15) is 0 Å². The molecule has 88 valence electrons. The quantitative estimate of drug-likeness (QED) is 0.846. The van der Waals surface area contributed by atoms with E-state index >= 15 is 0 Å². The highest BCUT2D eigenvalue weighted by Gasteiger charge is 2.34. The molecule has 1 aliphatic rings. The van der Waals surface area contributed by atoms with Crippen LogP contribution in [0.2, 0.25) is 0 Å². The van der Waals surface area contributed by atoms with Crippen molar-refractivity contribution in [3.63, 3.8) is 0 Å². The van der Waals surface area contributed by atoms with Crippen LogP contribution in [0.25, 0.3) is 0 Å². The van der Waals surface area contributed by atoms with E-state index in [1.807, 2.05) is 0 Å². The van der Waals surface area contributed by atoms with E-state index in [1.165, 1.54) is 11.1 Å². The van der Waals surface area contributed by atoms with Crippen LogP contribution in [0.4, 0.5) is 0 Å². The summed E-state index contributed by atoms with van der Waals surface area (Å²) in [6.45, 7) is 4.63. The first-order valence-corrected chi connectivity index (χ1v) is 6.18. The Kier molecular flexibility index (Phi) is 3.62. The third kappa shape index (κ3) is 2.00. The second-order valence-corrected chi connectivity index (χ2v) is 4.61. The fourth-order valence-electron chi connectivity index (χ4n) is 2.69. The molecule has 2 rings (SSSR count). The zero-order valence-corrected chi connectivity index (χ0v) is 10.0. The summed E-state index contributed by atoms with van der Waals surface area (Å²) in [7, 11) is 0. The molecule has 0 bridgehead atoms. The van der Waals surface area contributed by atoms with E-state index in [4.69, 9.17) is 10.5 Å². The standard InChI is InChI=1S/C14H21NO/c1-2-12-5-3-4-6-13(12)14(11-15)7-9-16-10-8-14/h3-6H,2,7-11,15H2,1H3. The van der Waals surface area contributed by atoms with Gasteiger partial charge in [0.1, 0.15) is 0 Å². The van der Waals surface area contributed by atoms with Gasteiger partial charge in [-0.1, -0.05) is 31.2 Å². The van der Waals surface area contributed by atoms with Crippen molar-refractivity contribution in [1.29, 1.82) is 0 Å². The van der Waals surface area contributed by atoms with Gasteiger partial charge >= 0.3 is 0 Å². The second kappa shape index (κ2) is 4.98. The fraction of sp³-hybridized carbons (Fsp3) is 0.571. The zero-order chi connectivity index (χ0) is 11.4. The summed E-state index contributed by atoms with van der Waals surface area (Å²) in [6.07, 6.45) is 3.19.